The second-order valence-electron chi connectivity index (χ2n) is 6.25. The molecule has 138 valence electrons. The minimum atomic E-state index is -0.864. The molecule has 1 aliphatic rings. The molecular formula is C17H22N6O3. The molecule has 0 radical (unpaired) electrons. The van der Waals surface area contributed by atoms with Crippen LogP contribution >= 0.6 is 0 Å². The van der Waals surface area contributed by atoms with Crippen LogP contribution in [0.5, 0.6) is 0 Å². The van der Waals surface area contributed by atoms with Crippen LogP contribution in [0.15, 0.2) is 30.7 Å². The molecular weight excluding hydrogens is 336 g/mol. The number of pyridine rings is 1. The number of hydrogen-bond donors (Lipinski definition) is 4. The van der Waals surface area contributed by atoms with Crippen LogP contribution in [0.1, 0.15) is 30.1 Å². The molecule has 9 heteroatoms. The second-order valence-corrected chi connectivity index (χ2v) is 6.25. The van der Waals surface area contributed by atoms with Crippen LogP contribution < -0.4 is 16.8 Å². The standard InChI is InChI=1S/C17H22N6O3/c1-10-2-3-14(13(19)4-5-18)23(9-10)17(26)16(25)22-12-6-11(15(20)24)7-21-8-12/h4-8,10,14,19H,2-3,9,18H2,1H3,(H2,20,24)(H,22,25)/b5-4-,19-13?/t10-,14+/m1/s1. The predicted octanol–water partition coefficient (Wildman–Crippen LogP) is 0.238. The van der Waals surface area contributed by atoms with Crippen molar-refractivity contribution in [1.29, 1.82) is 5.41 Å². The maximum atomic E-state index is 12.6. The number of nitrogens with two attached hydrogens (primary N) is 2. The molecule has 0 unspecified atom stereocenters. The fourth-order valence-corrected chi connectivity index (χ4v) is 2.87. The van der Waals surface area contributed by atoms with Crippen molar-refractivity contribution >= 4 is 29.1 Å². The van der Waals surface area contributed by atoms with Gasteiger partial charge in [0.05, 0.1) is 29.2 Å². The zero-order valence-corrected chi connectivity index (χ0v) is 14.4. The van der Waals surface area contributed by atoms with Gasteiger partial charge in [0, 0.05) is 12.7 Å². The summed E-state index contributed by atoms with van der Waals surface area (Å²) in [5, 5.41) is 10.5. The molecule has 26 heavy (non-hydrogen) atoms. The molecule has 2 rings (SSSR count). The first-order chi connectivity index (χ1) is 12.3. The summed E-state index contributed by atoms with van der Waals surface area (Å²) >= 11 is 0. The molecule has 9 nitrogen and oxygen atoms in total. The van der Waals surface area contributed by atoms with E-state index in [9.17, 15) is 14.4 Å². The van der Waals surface area contributed by atoms with Crippen molar-refractivity contribution in [1.82, 2.24) is 9.88 Å². The van der Waals surface area contributed by atoms with E-state index in [0.717, 1.165) is 6.42 Å². The molecule has 0 aromatic carbocycles. The van der Waals surface area contributed by atoms with Gasteiger partial charge < -0.3 is 27.1 Å². The number of primary amides is 1. The number of amides is 3. The number of carbonyl (C=O) groups excluding carboxylic acids is 3. The Hall–Kier alpha value is -3.23. The van der Waals surface area contributed by atoms with Gasteiger partial charge in [0.2, 0.25) is 5.91 Å². The van der Waals surface area contributed by atoms with E-state index in [0.29, 0.717) is 13.0 Å². The number of hydrogen-bond acceptors (Lipinski definition) is 6. The predicted molar refractivity (Wildman–Crippen MR) is 96.3 cm³/mol. The van der Waals surface area contributed by atoms with Crippen LogP contribution in [-0.4, -0.2) is 45.9 Å². The molecule has 1 aliphatic heterocycles. The summed E-state index contributed by atoms with van der Waals surface area (Å²) in [6.07, 6.45) is 6.67. The van der Waals surface area contributed by atoms with Gasteiger partial charge in [0.1, 0.15) is 0 Å². The molecule has 1 fully saturated rings. The average Bonchev–Trinajstić information content (AvgIpc) is 2.61. The van der Waals surface area contributed by atoms with E-state index in [-0.39, 0.29) is 22.9 Å². The van der Waals surface area contributed by atoms with Crippen molar-refractivity contribution in [3.63, 3.8) is 0 Å². The summed E-state index contributed by atoms with van der Waals surface area (Å²) in [6.45, 7) is 2.36. The highest BCUT2D eigenvalue weighted by molar-refractivity contribution is 6.40. The lowest BCUT2D eigenvalue weighted by Crippen LogP contribution is -2.53. The highest BCUT2D eigenvalue weighted by atomic mass is 16.2. The molecule has 1 aromatic rings. The minimum absolute atomic E-state index is 0.120. The summed E-state index contributed by atoms with van der Waals surface area (Å²) in [5.74, 6) is -2.08. The normalized spacial score (nSPS) is 20.0. The van der Waals surface area contributed by atoms with E-state index in [4.69, 9.17) is 16.9 Å². The molecule has 1 saturated heterocycles. The number of nitrogens with zero attached hydrogens (tertiary/aromatic N) is 2. The summed E-state index contributed by atoms with van der Waals surface area (Å²) in [6, 6.07) is 0.843. The Morgan fingerprint density at radius 3 is 2.73 bits per heavy atom. The molecule has 0 aliphatic carbocycles. The third-order valence-electron chi connectivity index (χ3n) is 4.19. The highest BCUT2D eigenvalue weighted by Crippen LogP contribution is 2.23. The summed E-state index contributed by atoms with van der Waals surface area (Å²) in [7, 11) is 0. The first-order valence-electron chi connectivity index (χ1n) is 8.17. The van der Waals surface area contributed by atoms with Gasteiger partial charge in [-0.1, -0.05) is 6.92 Å². The van der Waals surface area contributed by atoms with Crippen molar-refractivity contribution < 1.29 is 14.4 Å². The fourth-order valence-electron chi connectivity index (χ4n) is 2.87. The van der Waals surface area contributed by atoms with Crippen molar-refractivity contribution in [2.75, 3.05) is 11.9 Å². The zero-order valence-electron chi connectivity index (χ0n) is 14.4. The molecule has 1 aromatic heterocycles. The van der Waals surface area contributed by atoms with Crippen LogP contribution in [0.2, 0.25) is 0 Å². The Morgan fingerprint density at radius 1 is 1.35 bits per heavy atom. The van der Waals surface area contributed by atoms with Crippen LogP contribution in [-0.2, 0) is 9.59 Å². The number of piperidine rings is 1. The third-order valence-corrected chi connectivity index (χ3v) is 4.19. The van der Waals surface area contributed by atoms with Gasteiger partial charge in [-0.15, -0.1) is 0 Å². The molecule has 0 saturated carbocycles. The van der Waals surface area contributed by atoms with E-state index >= 15 is 0 Å². The lowest BCUT2D eigenvalue weighted by atomic mass is 9.91. The van der Waals surface area contributed by atoms with Crippen LogP contribution in [0.25, 0.3) is 0 Å². The number of anilines is 1. The Balaban J connectivity index is 2.16. The SMILES string of the molecule is C[C@@H]1CC[C@@H](C(=N)/C=C\N)N(C(=O)C(=O)Nc2cncc(C(N)=O)c2)C1. The van der Waals surface area contributed by atoms with Crippen LogP contribution in [0.3, 0.4) is 0 Å². The fraction of sp³-hybridized carbons (Fsp3) is 0.353. The zero-order chi connectivity index (χ0) is 19.3. The number of rotatable bonds is 4. The maximum Gasteiger partial charge on any atom is 0.313 e. The van der Waals surface area contributed by atoms with Crippen molar-refractivity contribution in [3.05, 3.63) is 36.3 Å². The van der Waals surface area contributed by atoms with Gasteiger partial charge in [0.25, 0.3) is 0 Å². The van der Waals surface area contributed by atoms with Crippen molar-refractivity contribution in [2.45, 2.75) is 25.8 Å². The van der Waals surface area contributed by atoms with Crippen LogP contribution in [0.4, 0.5) is 5.69 Å². The molecule has 3 amide bonds. The molecule has 0 spiro atoms. The third kappa shape index (κ3) is 4.44. The Bertz CT molecular complexity index is 761. The monoisotopic (exact) mass is 358 g/mol. The number of carbonyl (C=O) groups is 3. The van der Waals surface area contributed by atoms with Gasteiger partial charge in [-0.05, 0) is 37.1 Å². The second kappa shape index (κ2) is 8.24. The van der Waals surface area contributed by atoms with E-state index in [1.165, 1.54) is 35.6 Å². The van der Waals surface area contributed by atoms with E-state index in [1.54, 1.807) is 0 Å². The highest BCUT2D eigenvalue weighted by Gasteiger charge is 2.34. The smallest absolute Gasteiger partial charge is 0.313 e. The van der Waals surface area contributed by atoms with E-state index in [1.807, 2.05) is 6.92 Å². The lowest BCUT2D eigenvalue weighted by molar-refractivity contribution is -0.145. The number of aromatic nitrogens is 1. The van der Waals surface area contributed by atoms with Gasteiger partial charge in [-0.2, -0.15) is 0 Å². The van der Waals surface area contributed by atoms with Crippen molar-refractivity contribution in [3.8, 4) is 0 Å². The number of nitrogens with one attached hydrogen (secondary N) is 2. The first-order valence-corrected chi connectivity index (χ1v) is 8.17. The largest absolute Gasteiger partial charge is 0.405 e. The molecule has 2 atom stereocenters. The molecule has 2 heterocycles. The van der Waals surface area contributed by atoms with Gasteiger partial charge in [-0.25, -0.2) is 0 Å². The molecule has 0 bridgehead atoms. The van der Waals surface area contributed by atoms with Gasteiger partial charge in [0.15, 0.2) is 0 Å². The quantitative estimate of drug-likeness (QED) is 0.448. The molecule has 6 N–H and O–H groups in total. The first kappa shape index (κ1) is 19.1. The van der Waals surface area contributed by atoms with Gasteiger partial charge in [-0.3, -0.25) is 19.4 Å². The van der Waals surface area contributed by atoms with E-state index < -0.39 is 23.8 Å². The summed E-state index contributed by atoms with van der Waals surface area (Å²) < 4.78 is 0. The van der Waals surface area contributed by atoms with Crippen molar-refractivity contribution in [2.24, 2.45) is 17.4 Å². The maximum absolute atomic E-state index is 12.6. The minimum Gasteiger partial charge on any atom is -0.405 e. The van der Waals surface area contributed by atoms with Crippen LogP contribution in [0, 0.1) is 11.3 Å². The Labute approximate surface area is 150 Å². The van der Waals surface area contributed by atoms with E-state index in [2.05, 4.69) is 10.3 Å². The van der Waals surface area contributed by atoms with Gasteiger partial charge >= 0.3 is 11.8 Å². The number of likely N-dealkylation sites (tertiary alicyclic amines) is 1. The lowest BCUT2D eigenvalue weighted by Gasteiger charge is -2.37. The Morgan fingerprint density at radius 2 is 2.08 bits per heavy atom. The average molecular weight is 358 g/mol. The summed E-state index contributed by atoms with van der Waals surface area (Å²) in [4.78, 5) is 41.4. The Kier molecular flexibility index (Phi) is 6.05. The summed E-state index contributed by atoms with van der Waals surface area (Å²) in [5.41, 5.74) is 11.0. The topological polar surface area (TPSA) is 155 Å².